The van der Waals surface area contributed by atoms with Gasteiger partial charge in [-0.3, -0.25) is 4.79 Å². The van der Waals surface area contributed by atoms with E-state index in [4.69, 9.17) is 10.5 Å². The molecule has 0 aliphatic rings. The molecule has 0 saturated heterocycles. The minimum atomic E-state index is -0.0219. The lowest BCUT2D eigenvalue weighted by Gasteiger charge is -2.25. The highest BCUT2D eigenvalue weighted by Gasteiger charge is 2.21. The molecule has 1 aromatic heterocycles. The topological polar surface area (TPSA) is 57.2 Å². The van der Waals surface area contributed by atoms with Crippen LogP contribution in [0.25, 0.3) is 10.8 Å². The molecule has 1 aromatic carbocycles. The largest absolute Gasteiger partial charge is 0.491 e. The standard InChI is InChI=1S/C20H30N2O2.ClH/c1-6-7-10-24-18-15-9-8-14(2)11-16(15)19(23)22(17(18)12-21)13-20(3,4)5;/h8-9,11H,6-7,10,12-13,21H2,1-5H3;1H. The number of benzene rings is 1. The molecule has 5 heteroatoms. The van der Waals surface area contributed by atoms with E-state index in [1.54, 1.807) is 0 Å². The molecule has 4 nitrogen and oxygen atoms in total. The van der Waals surface area contributed by atoms with Gasteiger partial charge in [-0.15, -0.1) is 12.4 Å². The summed E-state index contributed by atoms with van der Waals surface area (Å²) < 4.78 is 7.90. The van der Waals surface area contributed by atoms with Gasteiger partial charge in [-0.2, -0.15) is 0 Å². The van der Waals surface area contributed by atoms with Crippen molar-refractivity contribution in [2.24, 2.45) is 11.1 Å². The van der Waals surface area contributed by atoms with Gasteiger partial charge in [-0.1, -0.05) is 51.8 Å². The number of fused-ring (bicyclic) bond motifs is 1. The number of pyridine rings is 1. The van der Waals surface area contributed by atoms with Crippen LogP contribution in [0.1, 0.15) is 51.8 Å². The Bertz CT molecular complexity index is 776. The summed E-state index contributed by atoms with van der Waals surface area (Å²) >= 11 is 0. The normalized spacial score (nSPS) is 11.4. The Morgan fingerprint density at radius 3 is 2.44 bits per heavy atom. The maximum Gasteiger partial charge on any atom is 0.258 e. The molecule has 25 heavy (non-hydrogen) atoms. The fraction of sp³-hybridized carbons (Fsp3) is 0.550. The van der Waals surface area contributed by atoms with Crippen LogP contribution in [-0.2, 0) is 13.1 Å². The average Bonchev–Trinajstić information content (AvgIpc) is 2.50. The molecular weight excluding hydrogens is 336 g/mol. The molecule has 0 spiro atoms. The van der Waals surface area contributed by atoms with Gasteiger partial charge in [0.2, 0.25) is 0 Å². The van der Waals surface area contributed by atoms with Gasteiger partial charge in [0.15, 0.2) is 0 Å². The minimum absolute atomic E-state index is 0. The van der Waals surface area contributed by atoms with Crippen molar-refractivity contribution in [3.63, 3.8) is 0 Å². The second kappa shape index (κ2) is 8.72. The highest BCUT2D eigenvalue weighted by Crippen LogP contribution is 2.30. The Labute approximate surface area is 156 Å². The van der Waals surface area contributed by atoms with Gasteiger partial charge in [-0.05, 0) is 24.8 Å². The summed E-state index contributed by atoms with van der Waals surface area (Å²) in [5, 5.41) is 1.58. The fourth-order valence-electron chi connectivity index (χ4n) is 2.90. The number of ether oxygens (including phenoxy) is 1. The minimum Gasteiger partial charge on any atom is -0.491 e. The Morgan fingerprint density at radius 2 is 1.88 bits per heavy atom. The van der Waals surface area contributed by atoms with Crippen LogP contribution in [0.15, 0.2) is 23.0 Å². The van der Waals surface area contributed by atoms with Crippen LogP contribution in [0.4, 0.5) is 0 Å². The van der Waals surface area contributed by atoms with Crippen molar-refractivity contribution in [2.45, 2.75) is 60.5 Å². The number of nitrogens with zero attached hydrogens (tertiary/aromatic N) is 1. The maximum absolute atomic E-state index is 13.1. The maximum atomic E-state index is 13.1. The fourth-order valence-corrected chi connectivity index (χ4v) is 2.90. The summed E-state index contributed by atoms with van der Waals surface area (Å²) in [5.74, 6) is 0.768. The van der Waals surface area contributed by atoms with E-state index in [-0.39, 0.29) is 29.9 Å². The Balaban J connectivity index is 0.00000312. The number of aromatic nitrogens is 1. The zero-order valence-corrected chi connectivity index (χ0v) is 16.8. The third-order valence-corrected chi connectivity index (χ3v) is 4.05. The van der Waals surface area contributed by atoms with Gasteiger partial charge in [0, 0.05) is 18.5 Å². The van der Waals surface area contributed by atoms with E-state index in [1.807, 2.05) is 29.7 Å². The summed E-state index contributed by atoms with van der Waals surface area (Å²) in [7, 11) is 0. The predicted molar refractivity (Wildman–Crippen MR) is 108 cm³/mol. The van der Waals surface area contributed by atoms with Crippen molar-refractivity contribution in [3.8, 4) is 5.75 Å². The zero-order chi connectivity index (χ0) is 17.9. The molecule has 0 bridgehead atoms. The summed E-state index contributed by atoms with van der Waals surface area (Å²) in [6, 6.07) is 5.95. The first kappa shape index (κ1) is 21.5. The van der Waals surface area contributed by atoms with E-state index >= 15 is 0 Å². The summed E-state index contributed by atoms with van der Waals surface area (Å²) in [6.07, 6.45) is 2.05. The van der Waals surface area contributed by atoms with Crippen LogP contribution >= 0.6 is 12.4 Å². The number of hydrogen-bond acceptors (Lipinski definition) is 3. The summed E-state index contributed by atoms with van der Waals surface area (Å²) in [4.78, 5) is 13.1. The lowest BCUT2D eigenvalue weighted by molar-refractivity contribution is 0.295. The number of aryl methyl sites for hydroxylation is 1. The molecule has 0 amide bonds. The first-order chi connectivity index (χ1) is 11.3. The number of hydrogen-bond donors (Lipinski definition) is 1. The first-order valence-electron chi connectivity index (χ1n) is 8.77. The second-order valence-electron chi connectivity index (χ2n) is 7.68. The molecule has 0 aliphatic carbocycles. The molecule has 0 atom stereocenters. The van der Waals surface area contributed by atoms with Crippen molar-refractivity contribution in [2.75, 3.05) is 6.61 Å². The molecule has 0 unspecified atom stereocenters. The molecule has 2 aromatic rings. The second-order valence-corrected chi connectivity index (χ2v) is 7.68. The van der Waals surface area contributed by atoms with Gasteiger partial charge in [0.25, 0.3) is 5.56 Å². The van der Waals surface area contributed by atoms with E-state index in [0.717, 1.165) is 35.2 Å². The smallest absolute Gasteiger partial charge is 0.258 e. The van der Waals surface area contributed by atoms with Crippen LogP contribution in [0.5, 0.6) is 5.75 Å². The molecule has 140 valence electrons. The number of rotatable bonds is 6. The lowest BCUT2D eigenvalue weighted by atomic mass is 9.96. The van der Waals surface area contributed by atoms with Crippen LogP contribution in [0.2, 0.25) is 0 Å². The third-order valence-electron chi connectivity index (χ3n) is 4.05. The van der Waals surface area contributed by atoms with Gasteiger partial charge in [-0.25, -0.2) is 0 Å². The molecular formula is C20H31ClN2O2. The van der Waals surface area contributed by atoms with Crippen molar-refractivity contribution in [1.29, 1.82) is 0 Å². The molecule has 0 aliphatic heterocycles. The molecule has 0 radical (unpaired) electrons. The van der Waals surface area contributed by atoms with Crippen LogP contribution in [0, 0.1) is 12.3 Å². The monoisotopic (exact) mass is 366 g/mol. The zero-order valence-electron chi connectivity index (χ0n) is 16.0. The molecule has 1 heterocycles. The molecule has 0 fully saturated rings. The van der Waals surface area contributed by atoms with E-state index in [1.165, 1.54) is 0 Å². The Kier molecular flexibility index (Phi) is 7.51. The van der Waals surface area contributed by atoms with E-state index in [9.17, 15) is 4.79 Å². The van der Waals surface area contributed by atoms with Gasteiger partial charge < -0.3 is 15.0 Å². The van der Waals surface area contributed by atoms with Crippen LogP contribution in [0.3, 0.4) is 0 Å². The SMILES string of the molecule is CCCCOc1c(CN)n(CC(C)(C)C)c(=O)c2cc(C)ccc12.Cl. The Morgan fingerprint density at radius 1 is 1.20 bits per heavy atom. The van der Waals surface area contributed by atoms with Crippen molar-refractivity contribution in [3.05, 3.63) is 39.8 Å². The van der Waals surface area contributed by atoms with E-state index in [0.29, 0.717) is 18.5 Å². The summed E-state index contributed by atoms with van der Waals surface area (Å²) in [5.41, 5.74) is 7.89. The number of halogens is 1. The highest BCUT2D eigenvalue weighted by molar-refractivity contribution is 5.89. The van der Waals surface area contributed by atoms with E-state index in [2.05, 4.69) is 27.7 Å². The average molecular weight is 367 g/mol. The predicted octanol–water partition coefficient (Wildman–Crippen LogP) is 4.42. The van der Waals surface area contributed by atoms with E-state index < -0.39 is 0 Å². The third kappa shape index (κ3) is 4.99. The van der Waals surface area contributed by atoms with Gasteiger partial charge in [0.1, 0.15) is 5.75 Å². The molecule has 2 rings (SSSR count). The quantitative estimate of drug-likeness (QED) is 0.770. The summed E-state index contributed by atoms with van der Waals surface area (Å²) in [6.45, 7) is 12.0. The van der Waals surface area contributed by atoms with Crippen LogP contribution in [-0.4, -0.2) is 11.2 Å². The van der Waals surface area contributed by atoms with Crippen LogP contribution < -0.4 is 16.0 Å². The van der Waals surface area contributed by atoms with Crippen molar-refractivity contribution in [1.82, 2.24) is 4.57 Å². The molecule has 0 saturated carbocycles. The number of unbranched alkanes of at least 4 members (excludes halogenated alkanes) is 1. The first-order valence-corrected chi connectivity index (χ1v) is 8.77. The van der Waals surface area contributed by atoms with Crippen molar-refractivity contribution >= 4 is 23.2 Å². The van der Waals surface area contributed by atoms with Gasteiger partial charge >= 0.3 is 0 Å². The Hall–Kier alpha value is -1.52. The lowest BCUT2D eigenvalue weighted by Crippen LogP contribution is -2.31. The van der Waals surface area contributed by atoms with Gasteiger partial charge in [0.05, 0.1) is 17.7 Å². The molecule has 2 N–H and O–H groups in total. The van der Waals surface area contributed by atoms with Crippen molar-refractivity contribution < 1.29 is 4.74 Å². The number of nitrogens with two attached hydrogens (primary N) is 1. The highest BCUT2D eigenvalue weighted by atomic mass is 35.5.